The molecule has 5 nitrogen and oxygen atoms in total. The third-order valence-corrected chi connectivity index (χ3v) is 18.4. The zero-order valence-corrected chi connectivity index (χ0v) is 45.4. The van der Waals surface area contributed by atoms with Crippen molar-refractivity contribution in [3.63, 3.8) is 0 Å². The highest BCUT2D eigenvalue weighted by molar-refractivity contribution is 7.02. The van der Waals surface area contributed by atoms with Crippen LogP contribution in [0.2, 0.25) is 0 Å². The predicted octanol–water partition coefficient (Wildman–Crippen LogP) is 18.5. The van der Waals surface area contributed by atoms with Crippen LogP contribution < -0.4 is 21.3 Å². The van der Waals surface area contributed by atoms with Crippen molar-refractivity contribution in [2.45, 2.75) is 0 Å². The first-order valence-corrected chi connectivity index (χ1v) is 29.0. The smallest absolute Gasteiger partial charge is 0.253 e. The van der Waals surface area contributed by atoms with Crippen LogP contribution in [0.15, 0.2) is 290 Å². The molecule has 13 aromatic carbocycles. The molecule has 0 atom stereocenters. The summed E-state index contributed by atoms with van der Waals surface area (Å²) in [6.07, 6.45) is 0. The summed E-state index contributed by atoms with van der Waals surface area (Å²) in [4.78, 5) is 2.65. The maximum Gasteiger partial charge on any atom is 0.253 e. The quantitative estimate of drug-likeness (QED) is 0.155. The van der Waals surface area contributed by atoms with E-state index in [2.05, 4.69) is 304 Å². The molecule has 6 heterocycles. The van der Waals surface area contributed by atoms with Crippen LogP contribution in [0.3, 0.4) is 0 Å². The van der Waals surface area contributed by atoms with E-state index in [1.54, 1.807) is 0 Å². The third-order valence-electron chi connectivity index (χ3n) is 18.4. The van der Waals surface area contributed by atoms with Crippen molar-refractivity contribution >= 4 is 128 Å². The van der Waals surface area contributed by atoms with Crippen LogP contribution in [-0.2, 0) is 0 Å². The summed E-state index contributed by atoms with van der Waals surface area (Å²) in [6.45, 7) is -0.237. The van der Waals surface area contributed by atoms with Crippen molar-refractivity contribution in [2.75, 3.05) is 4.90 Å². The third kappa shape index (κ3) is 6.23. The summed E-state index contributed by atoms with van der Waals surface area (Å²) in [5.74, 6) is 0. The monoisotopic (exact) mass is 1070 g/mol. The molecule has 2 aliphatic rings. The van der Waals surface area contributed by atoms with Crippen molar-refractivity contribution in [2.24, 2.45) is 0 Å². The van der Waals surface area contributed by atoms with Gasteiger partial charge in [-0.05, 0) is 124 Å². The maximum atomic E-state index is 7.27. The molecule has 0 N–H and O–H groups in total. The van der Waals surface area contributed by atoms with Gasteiger partial charge >= 0.3 is 0 Å². The van der Waals surface area contributed by atoms with E-state index in [-0.39, 0.29) is 6.71 Å². The summed E-state index contributed by atoms with van der Waals surface area (Å²) in [7, 11) is 0. The van der Waals surface area contributed by atoms with E-state index in [1.807, 2.05) is 0 Å². The molecule has 84 heavy (non-hydrogen) atoms. The molecule has 0 spiro atoms. The van der Waals surface area contributed by atoms with Crippen LogP contribution in [-0.4, -0.2) is 20.4 Å². The number of nitrogens with zero attached hydrogens (tertiary/aromatic N) is 4. The molecular weight excluding hydrogens is 1020 g/mol. The summed E-state index contributed by atoms with van der Waals surface area (Å²) in [6, 6.07) is 106. The van der Waals surface area contributed by atoms with Gasteiger partial charge in [0.15, 0.2) is 0 Å². The van der Waals surface area contributed by atoms with Crippen LogP contribution in [0.25, 0.3) is 138 Å². The number of rotatable bonds is 6. The Morgan fingerprint density at radius 1 is 0.286 bits per heavy atom. The second-order valence-electron chi connectivity index (χ2n) is 22.7. The standard InChI is InChI=1S/C78H47BN4O/c1-5-22-48(23-6-1)51-42-70-75-71(43-51)83(77-54(49-24-7-2-8-25-49)34-21-35-55(77)50-26-9-3-10-27-50)68-45-61-60-44-53(81-64-36-17-13-30-56(64)57-31-14-18-37-65(57)81)40-41-72(60)84-73(61)47-63(68)79(75)76-74-59-33-16-20-39-67(59)80(52-28-11-4-12-29-52)69(74)46-62-58-32-15-19-38-66(58)82(70)78(62)76/h1-47H. The van der Waals surface area contributed by atoms with Crippen molar-refractivity contribution in [3.05, 3.63) is 285 Å². The Bertz CT molecular complexity index is 5510. The number of para-hydroxylation sites is 6. The molecule has 19 rings (SSSR count). The minimum atomic E-state index is -0.237. The van der Waals surface area contributed by atoms with Gasteiger partial charge in [-0.15, -0.1) is 0 Å². The van der Waals surface area contributed by atoms with Gasteiger partial charge in [-0.1, -0.05) is 200 Å². The number of aromatic nitrogens is 3. The molecule has 0 fully saturated rings. The zero-order valence-electron chi connectivity index (χ0n) is 45.4. The van der Waals surface area contributed by atoms with Gasteiger partial charge < -0.3 is 23.0 Å². The van der Waals surface area contributed by atoms with E-state index < -0.39 is 0 Å². The normalized spacial score (nSPS) is 12.7. The predicted molar refractivity (Wildman–Crippen MR) is 352 cm³/mol. The summed E-state index contributed by atoms with van der Waals surface area (Å²) in [5, 5.41) is 9.54. The fraction of sp³-hybridized carbons (Fsp3) is 0. The van der Waals surface area contributed by atoms with Crippen molar-refractivity contribution in [1.29, 1.82) is 0 Å². The summed E-state index contributed by atoms with van der Waals surface area (Å²) < 4.78 is 14.8. The Balaban J connectivity index is 1.01. The minimum Gasteiger partial charge on any atom is -0.456 e. The first kappa shape index (κ1) is 45.6. The summed E-state index contributed by atoms with van der Waals surface area (Å²) >= 11 is 0. The molecule has 0 aliphatic carbocycles. The van der Waals surface area contributed by atoms with Crippen LogP contribution in [0.5, 0.6) is 0 Å². The average Bonchev–Trinajstić information content (AvgIpc) is 1.60. The van der Waals surface area contributed by atoms with Crippen molar-refractivity contribution in [3.8, 4) is 50.4 Å². The van der Waals surface area contributed by atoms with Crippen molar-refractivity contribution < 1.29 is 4.42 Å². The van der Waals surface area contributed by atoms with E-state index in [0.29, 0.717) is 0 Å². The van der Waals surface area contributed by atoms with Gasteiger partial charge in [-0.25, -0.2) is 0 Å². The fourth-order valence-corrected chi connectivity index (χ4v) is 15.0. The number of fused-ring (bicyclic) bond motifs is 17. The lowest BCUT2D eigenvalue weighted by atomic mass is 9.33. The molecule has 0 unspecified atom stereocenters. The minimum absolute atomic E-state index is 0.237. The van der Waals surface area contributed by atoms with Gasteiger partial charge in [0.2, 0.25) is 0 Å². The van der Waals surface area contributed by atoms with Crippen molar-refractivity contribution in [1.82, 2.24) is 13.7 Å². The highest BCUT2D eigenvalue weighted by Crippen LogP contribution is 2.52. The van der Waals surface area contributed by atoms with Crippen LogP contribution in [0.4, 0.5) is 17.1 Å². The van der Waals surface area contributed by atoms with Gasteiger partial charge in [-0.2, -0.15) is 0 Å². The second-order valence-corrected chi connectivity index (χ2v) is 22.7. The highest BCUT2D eigenvalue weighted by Gasteiger charge is 2.45. The second kappa shape index (κ2) is 17.2. The number of furan rings is 1. The lowest BCUT2D eigenvalue weighted by Gasteiger charge is -2.42. The van der Waals surface area contributed by atoms with E-state index in [0.717, 1.165) is 83.8 Å². The first-order valence-electron chi connectivity index (χ1n) is 29.0. The SMILES string of the molecule is c1ccc(-c2cc3c4c(c2)-n2c5ccccc5c5cc6c(c(c52)B4c2cc4oc5ccc(-n7c8ccccc8c8ccccc87)cc5c4cc2N3c2c(-c3ccccc3)cccc2-c2ccccc2)c2ccccc2n6-c2ccccc2)cc1. The zero-order chi connectivity index (χ0) is 54.7. The van der Waals surface area contributed by atoms with E-state index in [4.69, 9.17) is 4.42 Å². The number of anilines is 3. The first-order chi connectivity index (χ1) is 41.7. The Morgan fingerprint density at radius 2 is 0.798 bits per heavy atom. The molecular formula is C78H47BN4O. The molecule has 0 saturated carbocycles. The highest BCUT2D eigenvalue weighted by atomic mass is 16.3. The molecule has 0 bridgehead atoms. The molecule has 17 aromatic rings. The van der Waals surface area contributed by atoms with Gasteiger partial charge in [0.1, 0.15) is 11.2 Å². The molecule has 2 aliphatic heterocycles. The number of benzene rings is 13. The summed E-state index contributed by atoms with van der Waals surface area (Å²) in [5.41, 5.74) is 26.2. The number of hydrogen-bond donors (Lipinski definition) is 0. The lowest BCUT2D eigenvalue weighted by Crippen LogP contribution is -2.60. The molecule has 0 saturated heterocycles. The maximum absolute atomic E-state index is 7.27. The molecule has 6 heteroatoms. The molecule has 388 valence electrons. The van der Waals surface area contributed by atoms with Crippen LogP contribution in [0, 0.1) is 0 Å². The molecule has 0 radical (unpaired) electrons. The average molecular weight is 1070 g/mol. The van der Waals surface area contributed by atoms with E-state index >= 15 is 0 Å². The van der Waals surface area contributed by atoms with E-state index in [1.165, 1.54) is 87.5 Å². The molecule has 0 amide bonds. The van der Waals surface area contributed by atoms with E-state index in [9.17, 15) is 0 Å². The Labute approximate surface area is 483 Å². The number of hydrogen-bond acceptors (Lipinski definition) is 2. The Hall–Kier alpha value is -11.1. The lowest BCUT2D eigenvalue weighted by molar-refractivity contribution is 0.669. The van der Waals surface area contributed by atoms with Gasteiger partial charge in [-0.3, -0.25) is 0 Å². The van der Waals surface area contributed by atoms with Crippen LogP contribution in [0.1, 0.15) is 0 Å². The Morgan fingerprint density at radius 3 is 1.44 bits per heavy atom. The largest absolute Gasteiger partial charge is 0.456 e. The van der Waals surface area contributed by atoms with Gasteiger partial charge in [0.25, 0.3) is 6.71 Å². The molecule has 4 aromatic heterocycles. The van der Waals surface area contributed by atoms with Gasteiger partial charge in [0, 0.05) is 82.7 Å². The topological polar surface area (TPSA) is 31.2 Å². The Kier molecular flexibility index (Phi) is 9.36. The van der Waals surface area contributed by atoms with Gasteiger partial charge in [0.05, 0.1) is 38.8 Å². The van der Waals surface area contributed by atoms with Crippen LogP contribution >= 0.6 is 0 Å². The fourth-order valence-electron chi connectivity index (χ4n) is 15.0.